The van der Waals surface area contributed by atoms with Crippen molar-refractivity contribution in [3.63, 3.8) is 0 Å². The SMILES string of the molecule is Cc1cnc(Nc2ccc(N3CCC(C#N)C3)cc2)nc1Nc1ccc2oc(=O)[nH]c2c1. The Labute approximate surface area is 183 Å². The number of nitrogens with zero attached hydrogens (tertiary/aromatic N) is 4. The van der Waals surface area contributed by atoms with Crippen LogP contribution in [-0.4, -0.2) is 28.0 Å². The fourth-order valence-electron chi connectivity index (χ4n) is 3.78. The van der Waals surface area contributed by atoms with E-state index in [0.717, 1.165) is 42.1 Å². The first-order valence-electron chi connectivity index (χ1n) is 10.3. The molecule has 0 amide bonds. The Bertz CT molecular complexity index is 1370. The Balaban J connectivity index is 1.31. The second-order valence-corrected chi connectivity index (χ2v) is 7.81. The maximum atomic E-state index is 11.4. The Morgan fingerprint density at radius 2 is 2.00 bits per heavy atom. The molecule has 1 unspecified atom stereocenters. The molecule has 0 bridgehead atoms. The highest BCUT2D eigenvalue weighted by atomic mass is 16.4. The van der Waals surface area contributed by atoms with Gasteiger partial charge in [0.2, 0.25) is 5.95 Å². The molecule has 1 atom stereocenters. The first kappa shape index (κ1) is 19.6. The number of fused-ring (bicyclic) bond motifs is 1. The quantitative estimate of drug-likeness (QED) is 0.436. The number of benzene rings is 2. The molecule has 2 aromatic heterocycles. The average molecular weight is 427 g/mol. The van der Waals surface area contributed by atoms with Crippen LogP contribution in [-0.2, 0) is 0 Å². The molecule has 0 saturated carbocycles. The molecule has 0 radical (unpaired) electrons. The summed E-state index contributed by atoms with van der Waals surface area (Å²) in [5.74, 6) is 0.745. The fourth-order valence-corrected chi connectivity index (χ4v) is 3.78. The zero-order chi connectivity index (χ0) is 22.1. The largest absolute Gasteiger partial charge is 0.417 e. The van der Waals surface area contributed by atoms with Gasteiger partial charge in [-0.15, -0.1) is 0 Å². The number of H-pyrrole nitrogens is 1. The summed E-state index contributed by atoms with van der Waals surface area (Å²) in [7, 11) is 0. The molecule has 5 rings (SSSR count). The predicted octanol–water partition coefficient (Wildman–Crippen LogP) is 4.06. The van der Waals surface area contributed by atoms with E-state index in [2.05, 4.69) is 36.6 Å². The van der Waals surface area contributed by atoms with Crippen LogP contribution < -0.4 is 21.3 Å². The van der Waals surface area contributed by atoms with Gasteiger partial charge in [-0.25, -0.2) is 9.78 Å². The summed E-state index contributed by atoms with van der Waals surface area (Å²) < 4.78 is 5.04. The summed E-state index contributed by atoms with van der Waals surface area (Å²) >= 11 is 0. The third-order valence-corrected chi connectivity index (χ3v) is 5.51. The average Bonchev–Trinajstić information content (AvgIpc) is 3.42. The van der Waals surface area contributed by atoms with Crippen LogP contribution in [0.3, 0.4) is 0 Å². The van der Waals surface area contributed by atoms with E-state index in [-0.39, 0.29) is 5.92 Å². The first-order valence-corrected chi connectivity index (χ1v) is 10.3. The minimum Gasteiger partial charge on any atom is -0.408 e. The zero-order valence-electron chi connectivity index (χ0n) is 17.4. The Kier molecular flexibility index (Phi) is 4.95. The van der Waals surface area contributed by atoms with Crippen LogP contribution in [0.15, 0.2) is 57.9 Å². The van der Waals surface area contributed by atoms with Gasteiger partial charge in [-0.2, -0.15) is 10.2 Å². The lowest BCUT2D eigenvalue weighted by molar-refractivity contribution is 0.555. The van der Waals surface area contributed by atoms with E-state index in [1.54, 1.807) is 18.3 Å². The lowest BCUT2D eigenvalue weighted by atomic mass is 10.1. The summed E-state index contributed by atoms with van der Waals surface area (Å²) in [6.07, 6.45) is 2.66. The number of nitrogens with one attached hydrogen (secondary N) is 3. The number of hydrogen-bond acceptors (Lipinski definition) is 8. The van der Waals surface area contributed by atoms with E-state index in [4.69, 9.17) is 9.68 Å². The number of nitriles is 1. The molecule has 3 N–H and O–H groups in total. The van der Waals surface area contributed by atoms with Crippen LogP contribution in [0.1, 0.15) is 12.0 Å². The minimum atomic E-state index is -0.484. The van der Waals surface area contributed by atoms with Crippen LogP contribution in [0.5, 0.6) is 0 Å². The van der Waals surface area contributed by atoms with Gasteiger partial charge in [-0.3, -0.25) is 4.98 Å². The van der Waals surface area contributed by atoms with Crippen molar-refractivity contribution in [1.82, 2.24) is 15.0 Å². The van der Waals surface area contributed by atoms with Gasteiger partial charge >= 0.3 is 5.76 Å². The second kappa shape index (κ2) is 8.07. The monoisotopic (exact) mass is 427 g/mol. The fraction of sp³-hybridized carbons (Fsp3) is 0.217. The number of aromatic amines is 1. The molecule has 1 aliphatic heterocycles. The van der Waals surface area contributed by atoms with E-state index in [1.807, 2.05) is 37.3 Å². The van der Waals surface area contributed by atoms with E-state index >= 15 is 0 Å². The number of rotatable bonds is 5. The number of anilines is 5. The summed E-state index contributed by atoms with van der Waals surface area (Å²) in [5.41, 5.74) is 4.75. The van der Waals surface area contributed by atoms with Gasteiger partial charge in [0, 0.05) is 41.9 Å². The van der Waals surface area contributed by atoms with Gasteiger partial charge < -0.3 is 20.0 Å². The molecule has 1 saturated heterocycles. The molecule has 2 aromatic carbocycles. The van der Waals surface area contributed by atoms with Gasteiger partial charge in [0.15, 0.2) is 5.58 Å². The highest BCUT2D eigenvalue weighted by Gasteiger charge is 2.22. The number of aromatic nitrogens is 3. The molecule has 32 heavy (non-hydrogen) atoms. The third-order valence-electron chi connectivity index (χ3n) is 5.51. The Hall–Kier alpha value is -4.32. The smallest absolute Gasteiger partial charge is 0.408 e. The van der Waals surface area contributed by atoms with Crippen LogP contribution in [0.2, 0.25) is 0 Å². The van der Waals surface area contributed by atoms with E-state index in [0.29, 0.717) is 22.9 Å². The van der Waals surface area contributed by atoms with Crippen LogP contribution in [0, 0.1) is 24.2 Å². The molecule has 3 heterocycles. The van der Waals surface area contributed by atoms with Gasteiger partial charge in [0.25, 0.3) is 0 Å². The highest BCUT2D eigenvalue weighted by molar-refractivity contribution is 5.78. The summed E-state index contributed by atoms with van der Waals surface area (Å²) in [4.78, 5) is 25.2. The predicted molar refractivity (Wildman–Crippen MR) is 123 cm³/mol. The third kappa shape index (κ3) is 3.98. The van der Waals surface area contributed by atoms with Crippen molar-refractivity contribution in [3.8, 4) is 6.07 Å². The number of oxazole rings is 1. The summed E-state index contributed by atoms with van der Waals surface area (Å²) in [5, 5.41) is 15.6. The van der Waals surface area contributed by atoms with Crippen molar-refractivity contribution < 1.29 is 4.42 Å². The topological polar surface area (TPSA) is 123 Å². The van der Waals surface area contributed by atoms with Crippen molar-refractivity contribution in [2.24, 2.45) is 5.92 Å². The Morgan fingerprint density at radius 3 is 2.78 bits per heavy atom. The van der Waals surface area contributed by atoms with Crippen LogP contribution in [0.4, 0.5) is 28.8 Å². The minimum absolute atomic E-state index is 0.106. The molecule has 9 heteroatoms. The Morgan fingerprint density at radius 1 is 1.19 bits per heavy atom. The van der Waals surface area contributed by atoms with Crippen LogP contribution in [0.25, 0.3) is 11.1 Å². The molecule has 1 aliphatic rings. The summed E-state index contributed by atoms with van der Waals surface area (Å²) in [6.45, 7) is 3.60. The van der Waals surface area contributed by atoms with Crippen molar-refractivity contribution in [1.29, 1.82) is 5.26 Å². The molecular weight excluding hydrogens is 406 g/mol. The van der Waals surface area contributed by atoms with Gasteiger partial charge in [-0.05, 0) is 55.8 Å². The molecular formula is C23H21N7O2. The van der Waals surface area contributed by atoms with Gasteiger partial charge in [-0.1, -0.05) is 0 Å². The molecule has 0 spiro atoms. The first-order chi connectivity index (χ1) is 15.6. The van der Waals surface area contributed by atoms with Gasteiger partial charge in [0.1, 0.15) is 5.82 Å². The lowest BCUT2D eigenvalue weighted by Gasteiger charge is -2.18. The maximum absolute atomic E-state index is 11.4. The van der Waals surface area contributed by atoms with Crippen molar-refractivity contribution in [2.75, 3.05) is 28.6 Å². The highest BCUT2D eigenvalue weighted by Crippen LogP contribution is 2.26. The van der Waals surface area contributed by atoms with E-state index in [9.17, 15) is 4.79 Å². The number of aryl methyl sites for hydroxylation is 1. The van der Waals surface area contributed by atoms with E-state index in [1.165, 1.54) is 0 Å². The standard InChI is InChI=1S/C23H21N7O2/c1-14-12-25-22(27-16-2-5-18(6-3-16)30-9-8-15(11-24)13-30)29-21(14)26-17-4-7-20-19(10-17)28-23(31)32-20/h2-7,10,12,15H,8-9,13H2,1H3,(H,28,31)(H2,25,26,27,29). The van der Waals surface area contributed by atoms with Crippen molar-refractivity contribution in [2.45, 2.75) is 13.3 Å². The molecule has 160 valence electrons. The van der Waals surface area contributed by atoms with Crippen molar-refractivity contribution in [3.05, 3.63) is 64.8 Å². The normalized spacial score (nSPS) is 15.6. The molecule has 1 fully saturated rings. The molecule has 4 aromatic rings. The van der Waals surface area contributed by atoms with E-state index < -0.39 is 5.76 Å². The zero-order valence-corrected chi connectivity index (χ0v) is 17.4. The van der Waals surface area contributed by atoms with Crippen LogP contribution >= 0.6 is 0 Å². The molecule has 0 aliphatic carbocycles. The number of hydrogen-bond donors (Lipinski definition) is 3. The van der Waals surface area contributed by atoms with Crippen molar-refractivity contribution >= 4 is 39.9 Å². The molecule has 9 nitrogen and oxygen atoms in total. The lowest BCUT2D eigenvalue weighted by Crippen LogP contribution is -2.19. The maximum Gasteiger partial charge on any atom is 0.417 e. The summed E-state index contributed by atoms with van der Waals surface area (Å²) in [6, 6.07) is 15.7. The van der Waals surface area contributed by atoms with Gasteiger partial charge in [0.05, 0.1) is 17.5 Å². The second-order valence-electron chi connectivity index (χ2n) is 7.81.